The number of esters is 1. The minimum absolute atomic E-state index is 0.0640. The summed E-state index contributed by atoms with van der Waals surface area (Å²) in [6.07, 6.45) is -0.383. The maximum Gasteiger partial charge on any atom is 0.410 e. The van der Waals surface area contributed by atoms with E-state index in [1.807, 2.05) is 58.0 Å². The van der Waals surface area contributed by atoms with Crippen molar-refractivity contribution >= 4 is 12.1 Å². The highest BCUT2D eigenvalue weighted by atomic mass is 16.6. The molecule has 2 rings (SSSR count). The van der Waals surface area contributed by atoms with Crippen LogP contribution in [0.5, 0.6) is 0 Å². The Morgan fingerprint density at radius 1 is 1.17 bits per heavy atom. The zero-order chi connectivity index (χ0) is 17.0. The van der Waals surface area contributed by atoms with Crippen LogP contribution in [-0.2, 0) is 20.9 Å². The fourth-order valence-corrected chi connectivity index (χ4v) is 2.61. The lowest BCUT2D eigenvalue weighted by atomic mass is 9.98. The van der Waals surface area contributed by atoms with Crippen LogP contribution >= 0.6 is 0 Å². The van der Waals surface area contributed by atoms with E-state index in [1.54, 1.807) is 4.90 Å². The van der Waals surface area contributed by atoms with Crippen LogP contribution in [0.4, 0.5) is 4.79 Å². The molecule has 5 heteroatoms. The Morgan fingerprint density at radius 3 is 2.43 bits per heavy atom. The van der Waals surface area contributed by atoms with E-state index >= 15 is 0 Å². The summed E-state index contributed by atoms with van der Waals surface area (Å²) in [4.78, 5) is 26.0. The second-order valence-electron chi connectivity index (χ2n) is 7.06. The van der Waals surface area contributed by atoms with Crippen LogP contribution < -0.4 is 0 Å². The van der Waals surface area contributed by atoms with Gasteiger partial charge in [0.05, 0.1) is 5.92 Å². The molecule has 1 aromatic rings. The van der Waals surface area contributed by atoms with Crippen molar-refractivity contribution in [3.63, 3.8) is 0 Å². The van der Waals surface area contributed by atoms with Gasteiger partial charge in [-0.1, -0.05) is 37.3 Å². The molecule has 126 valence electrons. The second-order valence-corrected chi connectivity index (χ2v) is 7.06. The van der Waals surface area contributed by atoms with Gasteiger partial charge in [0.1, 0.15) is 12.2 Å². The zero-order valence-corrected chi connectivity index (χ0v) is 14.2. The Morgan fingerprint density at radius 2 is 1.83 bits per heavy atom. The Balaban J connectivity index is 1.87. The van der Waals surface area contributed by atoms with Crippen molar-refractivity contribution in [1.29, 1.82) is 0 Å². The number of hydrogen-bond acceptors (Lipinski definition) is 4. The van der Waals surface area contributed by atoms with Gasteiger partial charge in [-0.05, 0) is 32.3 Å². The number of likely N-dealkylation sites (tertiary alicyclic amines) is 1. The molecule has 1 heterocycles. The van der Waals surface area contributed by atoms with E-state index < -0.39 is 5.60 Å². The quantitative estimate of drug-likeness (QED) is 0.803. The molecular weight excluding hydrogens is 294 g/mol. The first-order valence-corrected chi connectivity index (χ1v) is 7.95. The van der Waals surface area contributed by atoms with Gasteiger partial charge in [-0.25, -0.2) is 4.79 Å². The summed E-state index contributed by atoms with van der Waals surface area (Å²) >= 11 is 0. The molecule has 1 fully saturated rings. The van der Waals surface area contributed by atoms with E-state index in [-0.39, 0.29) is 30.5 Å². The minimum Gasteiger partial charge on any atom is -0.460 e. The lowest BCUT2D eigenvalue weighted by Crippen LogP contribution is -2.33. The predicted octanol–water partition coefficient (Wildman–Crippen LogP) is 3.23. The number of nitrogens with zero attached hydrogens (tertiary/aromatic N) is 1. The Hall–Kier alpha value is -2.04. The summed E-state index contributed by atoms with van der Waals surface area (Å²) < 4.78 is 10.8. The fourth-order valence-electron chi connectivity index (χ4n) is 2.61. The van der Waals surface area contributed by atoms with Crippen LogP contribution in [0.15, 0.2) is 30.3 Å². The van der Waals surface area contributed by atoms with Gasteiger partial charge in [0.15, 0.2) is 0 Å². The van der Waals surface area contributed by atoms with Gasteiger partial charge in [-0.15, -0.1) is 0 Å². The molecule has 1 aromatic carbocycles. The monoisotopic (exact) mass is 319 g/mol. The summed E-state index contributed by atoms with van der Waals surface area (Å²) in [6.45, 7) is 8.59. The van der Waals surface area contributed by atoms with Crippen molar-refractivity contribution in [2.24, 2.45) is 11.8 Å². The van der Waals surface area contributed by atoms with Crippen molar-refractivity contribution < 1.29 is 19.1 Å². The first-order valence-electron chi connectivity index (χ1n) is 7.95. The molecule has 0 aromatic heterocycles. The summed E-state index contributed by atoms with van der Waals surface area (Å²) in [7, 11) is 0. The standard InChI is InChI=1S/C18H25NO4/c1-13-10-19(11-15(13)16(20)23-18(2,3)4)17(21)22-12-14-8-6-5-7-9-14/h5-9,13,15H,10-12H2,1-4H3/t13-,15+/m0/s1. The zero-order valence-electron chi connectivity index (χ0n) is 14.2. The third kappa shape index (κ3) is 4.98. The molecule has 23 heavy (non-hydrogen) atoms. The number of ether oxygens (including phenoxy) is 2. The van der Waals surface area contributed by atoms with E-state index in [9.17, 15) is 9.59 Å². The summed E-state index contributed by atoms with van der Waals surface area (Å²) in [5.41, 5.74) is 0.426. The third-order valence-corrected chi connectivity index (χ3v) is 3.79. The number of benzene rings is 1. The first kappa shape index (κ1) is 17.3. The summed E-state index contributed by atoms with van der Waals surface area (Å²) in [5, 5.41) is 0. The number of carbonyl (C=O) groups is 2. The van der Waals surface area contributed by atoms with E-state index in [0.717, 1.165) is 5.56 Å². The van der Waals surface area contributed by atoms with Crippen molar-refractivity contribution in [2.75, 3.05) is 13.1 Å². The molecule has 0 bridgehead atoms. The molecule has 0 unspecified atom stereocenters. The Kier molecular flexibility index (Phi) is 5.29. The molecule has 0 N–H and O–H groups in total. The number of rotatable bonds is 3. The van der Waals surface area contributed by atoms with Crippen molar-refractivity contribution in [3.05, 3.63) is 35.9 Å². The molecule has 0 aliphatic carbocycles. The fraction of sp³-hybridized carbons (Fsp3) is 0.556. The summed E-state index contributed by atoms with van der Waals surface area (Å²) in [6, 6.07) is 9.53. The van der Waals surface area contributed by atoms with Crippen LogP contribution in [0.1, 0.15) is 33.3 Å². The van der Waals surface area contributed by atoms with Crippen LogP contribution in [0.2, 0.25) is 0 Å². The normalized spacial score (nSPS) is 21.1. The first-order chi connectivity index (χ1) is 10.8. The van der Waals surface area contributed by atoms with Crippen LogP contribution in [0.25, 0.3) is 0 Å². The van der Waals surface area contributed by atoms with E-state index in [2.05, 4.69) is 0 Å². The lowest BCUT2D eigenvalue weighted by Gasteiger charge is -2.23. The molecule has 5 nitrogen and oxygen atoms in total. The van der Waals surface area contributed by atoms with Gasteiger partial charge >= 0.3 is 12.1 Å². The van der Waals surface area contributed by atoms with Crippen molar-refractivity contribution in [3.8, 4) is 0 Å². The predicted molar refractivity (Wildman–Crippen MR) is 86.7 cm³/mol. The van der Waals surface area contributed by atoms with E-state index in [4.69, 9.17) is 9.47 Å². The van der Waals surface area contributed by atoms with Gasteiger partial charge < -0.3 is 14.4 Å². The lowest BCUT2D eigenvalue weighted by molar-refractivity contribution is -0.160. The SMILES string of the molecule is C[C@H]1CN(C(=O)OCc2ccccc2)C[C@H]1C(=O)OC(C)(C)C. The summed E-state index contributed by atoms with van der Waals surface area (Å²) in [5.74, 6) is -0.476. The number of carbonyl (C=O) groups excluding carboxylic acids is 2. The molecule has 0 radical (unpaired) electrons. The highest BCUT2D eigenvalue weighted by Gasteiger charge is 2.39. The molecule has 0 saturated carbocycles. The van der Waals surface area contributed by atoms with E-state index in [0.29, 0.717) is 13.1 Å². The number of hydrogen-bond donors (Lipinski definition) is 0. The van der Waals surface area contributed by atoms with Gasteiger partial charge in [-0.3, -0.25) is 4.79 Å². The molecule has 1 saturated heterocycles. The highest BCUT2D eigenvalue weighted by molar-refractivity contribution is 5.76. The Labute approximate surface area is 137 Å². The van der Waals surface area contributed by atoms with Gasteiger partial charge in [0, 0.05) is 13.1 Å². The molecular formula is C18H25NO4. The molecule has 1 aliphatic heterocycles. The van der Waals surface area contributed by atoms with Gasteiger partial charge in [0.25, 0.3) is 0 Å². The average molecular weight is 319 g/mol. The van der Waals surface area contributed by atoms with Crippen LogP contribution in [0.3, 0.4) is 0 Å². The number of amides is 1. The van der Waals surface area contributed by atoms with Crippen LogP contribution in [0, 0.1) is 11.8 Å². The maximum atomic E-state index is 12.2. The second kappa shape index (κ2) is 7.02. The van der Waals surface area contributed by atoms with Crippen LogP contribution in [-0.4, -0.2) is 35.7 Å². The molecule has 1 amide bonds. The third-order valence-electron chi connectivity index (χ3n) is 3.79. The largest absolute Gasteiger partial charge is 0.460 e. The smallest absolute Gasteiger partial charge is 0.410 e. The average Bonchev–Trinajstić information content (AvgIpc) is 2.86. The van der Waals surface area contributed by atoms with Gasteiger partial charge in [0.2, 0.25) is 0 Å². The van der Waals surface area contributed by atoms with Gasteiger partial charge in [-0.2, -0.15) is 0 Å². The van der Waals surface area contributed by atoms with E-state index in [1.165, 1.54) is 0 Å². The van der Waals surface area contributed by atoms with Crippen molar-refractivity contribution in [1.82, 2.24) is 4.90 Å². The topological polar surface area (TPSA) is 55.8 Å². The molecule has 2 atom stereocenters. The molecule has 1 aliphatic rings. The minimum atomic E-state index is -0.516. The molecule has 0 spiro atoms. The maximum absolute atomic E-state index is 12.2. The highest BCUT2D eigenvalue weighted by Crippen LogP contribution is 2.26. The van der Waals surface area contributed by atoms with Crippen molar-refractivity contribution in [2.45, 2.75) is 39.9 Å². The Bertz CT molecular complexity index is 550.